The van der Waals surface area contributed by atoms with Crippen LogP contribution in [0.5, 0.6) is 0 Å². The van der Waals surface area contributed by atoms with Gasteiger partial charge in [0, 0.05) is 11.1 Å². The molecule has 138 valence electrons. The normalized spacial score (nSPS) is 11.7. The van der Waals surface area contributed by atoms with Gasteiger partial charge in [0.15, 0.2) is 0 Å². The molecule has 0 spiro atoms. The van der Waals surface area contributed by atoms with Gasteiger partial charge in [-0.25, -0.2) is 4.39 Å². The van der Waals surface area contributed by atoms with Gasteiger partial charge in [-0.15, -0.1) is 10.2 Å². The van der Waals surface area contributed by atoms with Crippen LogP contribution in [0.15, 0.2) is 48.5 Å². The van der Waals surface area contributed by atoms with Crippen LogP contribution in [0, 0.1) is 12.7 Å². The monoisotopic (exact) mass is 384 g/mol. The summed E-state index contributed by atoms with van der Waals surface area (Å²) in [6.45, 7) is 3.55. The van der Waals surface area contributed by atoms with Crippen molar-refractivity contribution in [3.05, 3.63) is 65.5 Å². The van der Waals surface area contributed by atoms with Gasteiger partial charge < -0.3 is 5.32 Å². The van der Waals surface area contributed by atoms with E-state index in [0.717, 1.165) is 11.1 Å². The van der Waals surface area contributed by atoms with Crippen LogP contribution in [0.4, 0.5) is 9.52 Å². The fourth-order valence-electron chi connectivity index (χ4n) is 2.25. The zero-order valence-electron chi connectivity index (χ0n) is 14.7. The number of rotatable bonds is 5. The van der Waals surface area contributed by atoms with Crippen molar-refractivity contribution in [3.63, 3.8) is 0 Å². The highest BCUT2D eigenvalue weighted by Gasteiger charge is 2.18. The predicted molar refractivity (Wildman–Crippen MR) is 102 cm³/mol. The van der Waals surface area contributed by atoms with E-state index in [-0.39, 0.29) is 5.56 Å². The van der Waals surface area contributed by atoms with E-state index >= 15 is 0 Å². The van der Waals surface area contributed by atoms with Crippen LogP contribution < -0.4 is 10.6 Å². The topological polar surface area (TPSA) is 84.0 Å². The lowest BCUT2D eigenvalue weighted by molar-refractivity contribution is -0.117. The molecule has 1 aromatic heterocycles. The molecule has 3 aromatic rings. The van der Waals surface area contributed by atoms with Gasteiger partial charge in [-0.1, -0.05) is 41.2 Å². The van der Waals surface area contributed by atoms with Gasteiger partial charge in [0.1, 0.15) is 16.9 Å². The van der Waals surface area contributed by atoms with Crippen molar-refractivity contribution in [2.45, 2.75) is 19.9 Å². The van der Waals surface area contributed by atoms with Crippen molar-refractivity contribution >= 4 is 28.3 Å². The molecular formula is C19H17FN4O2S. The molecular weight excluding hydrogens is 367 g/mol. The maximum atomic E-state index is 12.9. The molecule has 2 aromatic carbocycles. The van der Waals surface area contributed by atoms with Gasteiger partial charge in [0.05, 0.1) is 0 Å². The summed E-state index contributed by atoms with van der Waals surface area (Å²) >= 11 is 1.25. The third kappa shape index (κ3) is 4.73. The Balaban J connectivity index is 1.60. The van der Waals surface area contributed by atoms with Crippen LogP contribution in [0.25, 0.3) is 10.6 Å². The molecule has 3 rings (SSSR count). The van der Waals surface area contributed by atoms with Crippen molar-refractivity contribution in [2.75, 3.05) is 5.32 Å². The first-order valence-corrected chi connectivity index (χ1v) is 9.02. The third-order valence-corrected chi connectivity index (χ3v) is 4.69. The first-order valence-electron chi connectivity index (χ1n) is 8.20. The van der Waals surface area contributed by atoms with Gasteiger partial charge in [-0.3, -0.25) is 14.9 Å². The second-order valence-corrected chi connectivity index (χ2v) is 6.95. The van der Waals surface area contributed by atoms with E-state index in [4.69, 9.17) is 0 Å². The van der Waals surface area contributed by atoms with E-state index in [0.29, 0.717) is 10.1 Å². The molecule has 1 unspecified atom stereocenters. The second-order valence-electron chi connectivity index (χ2n) is 5.97. The zero-order valence-corrected chi connectivity index (χ0v) is 15.5. The van der Waals surface area contributed by atoms with Crippen molar-refractivity contribution in [1.82, 2.24) is 15.5 Å². The number of carbonyl (C=O) groups excluding carboxylic acids is 2. The number of halogens is 1. The summed E-state index contributed by atoms with van der Waals surface area (Å²) in [5.41, 5.74) is 2.33. The summed E-state index contributed by atoms with van der Waals surface area (Å²) in [7, 11) is 0. The van der Waals surface area contributed by atoms with Crippen LogP contribution >= 0.6 is 11.3 Å². The molecule has 0 fully saturated rings. The van der Waals surface area contributed by atoms with Crippen molar-refractivity contribution in [3.8, 4) is 10.6 Å². The first kappa shape index (κ1) is 18.7. The molecule has 2 N–H and O–H groups in total. The summed E-state index contributed by atoms with van der Waals surface area (Å²) in [6, 6.07) is 12.1. The van der Waals surface area contributed by atoms with Gasteiger partial charge in [0.25, 0.3) is 5.91 Å². The Labute approximate surface area is 159 Å². The maximum absolute atomic E-state index is 12.9. The lowest BCUT2D eigenvalue weighted by Gasteiger charge is -2.12. The van der Waals surface area contributed by atoms with E-state index < -0.39 is 23.7 Å². The number of benzene rings is 2. The molecule has 0 aliphatic carbocycles. The maximum Gasteiger partial charge on any atom is 0.251 e. The molecule has 0 bridgehead atoms. The standard InChI is InChI=1S/C19H17FN4O2S/c1-11-3-5-14(6-4-11)18-23-24-19(27-18)22-16(25)12(2)21-17(26)13-7-9-15(20)10-8-13/h3-10,12H,1-2H3,(H,21,26)(H,22,24,25). The smallest absolute Gasteiger partial charge is 0.251 e. The van der Waals surface area contributed by atoms with Crippen molar-refractivity contribution in [2.24, 2.45) is 0 Å². The summed E-state index contributed by atoms with van der Waals surface area (Å²) in [5, 5.41) is 14.3. The number of nitrogens with zero attached hydrogens (tertiary/aromatic N) is 2. The number of hydrogen-bond acceptors (Lipinski definition) is 5. The Kier molecular flexibility index (Phi) is 5.56. The minimum Gasteiger partial charge on any atom is -0.341 e. The number of carbonyl (C=O) groups is 2. The van der Waals surface area contributed by atoms with E-state index in [1.807, 2.05) is 31.2 Å². The third-order valence-electron chi connectivity index (χ3n) is 3.80. The predicted octanol–water partition coefficient (Wildman–Crippen LogP) is 3.41. The van der Waals surface area contributed by atoms with Crippen molar-refractivity contribution < 1.29 is 14.0 Å². The molecule has 2 amide bonds. The Morgan fingerprint density at radius 1 is 1.04 bits per heavy atom. The average Bonchev–Trinajstić information content (AvgIpc) is 3.11. The van der Waals surface area contributed by atoms with Gasteiger partial charge in [-0.05, 0) is 38.1 Å². The van der Waals surface area contributed by atoms with Crippen LogP contribution in [0.1, 0.15) is 22.8 Å². The molecule has 0 radical (unpaired) electrons. The fraction of sp³-hybridized carbons (Fsp3) is 0.158. The molecule has 0 saturated carbocycles. The van der Waals surface area contributed by atoms with Crippen LogP contribution in [0.3, 0.4) is 0 Å². The Morgan fingerprint density at radius 2 is 1.70 bits per heavy atom. The Bertz CT molecular complexity index is 955. The van der Waals surface area contributed by atoms with Crippen molar-refractivity contribution in [1.29, 1.82) is 0 Å². The minimum atomic E-state index is -0.797. The average molecular weight is 384 g/mol. The quantitative estimate of drug-likeness (QED) is 0.706. The number of aromatic nitrogens is 2. The summed E-state index contributed by atoms with van der Waals surface area (Å²) in [4.78, 5) is 24.4. The Morgan fingerprint density at radius 3 is 2.37 bits per heavy atom. The largest absolute Gasteiger partial charge is 0.341 e. The van der Waals surface area contributed by atoms with Crippen LogP contribution in [0.2, 0.25) is 0 Å². The Hall–Kier alpha value is -3.13. The van der Waals surface area contributed by atoms with E-state index in [1.54, 1.807) is 6.92 Å². The van der Waals surface area contributed by atoms with E-state index in [2.05, 4.69) is 20.8 Å². The molecule has 8 heteroatoms. The van der Waals surface area contributed by atoms with Gasteiger partial charge in [-0.2, -0.15) is 0 Å². The highest BCUT2D eigenvalue weighted by atomic mass is 32.1. The molecule has 1 heterocycles. The zero-order chi connectivity index (χ0) is 19.4. The number of amides is 2. The molecule has 6 nitrogen and oxygen atoms in total. The first-order chi connectivity index (χ1) is 12.9. The highest BCUT2D eigenvalue weighted by Crippen LogP contribution is 2.26. The second kappa shape index (κ2) is 8.05. The van der Waals surface area contributed by atoms with Crippen LogP contribution in [-0.2, 0) is 4.79 Å². The highest BCUT2D eigenvalue weighted by molar-refractivity contribution is 7.18. The molecule has 0 aliphatic heterocycles. The number of anilines is 1. The van der Waals surface area contributed by atoms with E-state index in [9.17, 15) is 14.0 Å². The fourth-order valence-corrected chi connectivity index (χ4v) is 3.00. The lowest BCUT2D eigenvalue weighted by atomic mass is 10.2. The molecule has 0 saturated heterocycles. The van der Waals surface area contributed by atoms with E-state index in [1.165, 1.54) is 35.6 Å². The number of nitrogens with one attached hydrogen (secondary N) is 2. The van der Waals surface area contributed by atoms with Gasteiger partial charge >= 0.3 is 0 Å². The lowest BCUT2D eigenvalue weighted by Crippen LogP contribution is -2.41. The summed E-state index contributed by atoms with van der Waals surface area (Å²) in [6.07, 6.45) is 0. The minimum absolute atomic E-state index is 0.272. The van der Waals surface area contributed by atoms with Gasteiger partial charge in [0.2, 0.25) is 11.0 Å². The van der Waals surface area contributed by atoms with Crippen LogP contribution in [-0.4, -0.2) is 28.1 Å². The molecule has 0 aliphatic rings. The number of aryl methyl sites for hydroxylation is 1. The molecule has 27 heavy (non-hydrogen) atoms. The summed E-state index contributed by atoms with van der Waals surface area (Å²) in [5.74, 6) is -1.31. The number of hydrogen-bond donors (Lipinski definition) is 2. The molecule has 1 atom stereocenters. The summed E-state index contributed by atoms with van der Waals surface area (Å²) < 4.78 is 12.9. The SMILES string of the molecule is Cc1ccc(-c2nnc(NC(=O)C(C)NC(=O)c3ccc(F)cc3)s2)cc1.